The number of rotatable bonds is 4. The van der Waals surface area contributed by atoms with Crippen molar-refractivity contribution < 1.29 is 9.53 Å². The lowest BCUT2D eigenvalue weighted by molar-refractivity contribution is -0.136. The summed E-state index contributed by atoms with van der Waals surface area (Å²) in [4.78, 5) is 30.3. The Balaban J connectivity index is 1.08. The van der Waals surface area contributed by atoms with Gasteiger partial charge in [-0.2, -0.15) is 0 Å². The van der Waals surface area contributed by atoms with Crippen molar-refractivity contribution in [3.05, 3.63) is 64.6 Å². The van der Waals surface area contributed by atoms with Gasteiger partial charge in [0.05, 0.1) is 23.5 Å². The lowest BCUT2D eigenvalue weighted by Gasteiger charge is -2.42. The maximum atomic E-state index is 12.3. The number of methoxy groups -OCH3 is 1. The molecule has 0 radical (unpaired) electrons. The molecule has 1 aliphatic carbocycles. The zero-order chi connectivity index (χ0) is 27.9. The number of anilines is 2. The van der Waals surface area contributed by atoms with Crippen molar-refractivity contribution in [2.24, 2.45) is 11.1 Å². The summed E-state index contributed by atoms with van der Waals surface area (Å²) in [5, 5.41) is 1.16. The van der Waals surface area contributed by atoms with E-state index < -0.39 is 0 Å². The van der Waals surface area contributed by atoms with Gasteiger partial charge in [0.1, 0.15) is 16.7 Å². The maximum Gasteiger partial charge on any atom is 0.299 e. The fraction of sp³-hybridized carbons (Fsp3) is 0.379. The van der Waals surface area contributed by atoms with Gasteiger partial charge in [-0.1, -0.05) is 35.3 Å². The van der Waals surface area contributed by atoms with Crippen LogP contribution in [0.4, 0.5) is 11.6 Å². The fourth-order valence-corrected chi connectivity index (χ4v) is 6.71. The van der Waals surface area contributed by atoms with Gasteiger partial charge in [-0.25, -0.2) is 15.0 Å². The van der Waals surface area contributed by atoms with Gasteiger partial charge in [-0.3, -0.25) is 4.79 Å². The molecular weight excluding hydrogens is 546 g/mol. The molecule has 3 aromatic rings. The third-order valence-corrected chi connectivity index (χ3v) is 9.75. The quantitative estimate of drug-likeness (QED) is 0.451. The highest BCUT2D eigenvalue weighted by Gasteiger charge is 2.46. The number of aromatic nitrogens is 3. The van der Waals surface area contributed by atoms with Crippen LogP contribution in [0, 0.1) is 17.3 Å². The maximum absolute atomic E-state index is 12.3. The smallest absolute Gasteiger partial charge is 0.299 e. The zero-order valence-electron chi connectivity index (χ0n) is 22.1. The first kappa shape index (κ1) is 26.8. The minimum atomic E-state index is -0.164. The van der Waals surface area contributed by atoms with Crippen LogP contribution in [-0.4, -0.2) is 65.2 Å². The molecular formula is C29H30ClN7O2S. The van der Waals surface area contributed by atoms with Gasteiger partial charge in [0, 0.05) is 61.9 Å². The average Bonchev–Trinajstić information content (AvgIpc) is 3.20. The highest BCUT2D eigenvalue weighted by molar-refractivity contribution is 7.99. The minimum Gasteiger partial charge on any atom is -0.382 e. The molecule has 2 fully saturated rings. The van der Waals surface area contributed by atoms with Crippen LogP contribution in [0.15, 0.2) is 52.8 Å². The van der Waals surface area contributed by atoms with Crippen molar-refractivity contribution in [2.75, 3.05) is 43.9 Å². The predicted octanol–water partition coefficient (Wildman–Crippen LogP) is 3.31. The number of piperidine rings is 1. The number of nitrogens with zero attached hydrogens (tertiary/aromatic N) is 5. The third kappa shape index (κ3) is 5.10. The Morgan fingerprint density at radius 2 is 1.98 bits per heavy atom. The van der Waals surface area contributed by atoms with Crippen molar-refractivity contribution in [1.29, 1.82) is 0 Å². The van der Waals surface area contributed by atoms with Gasteiger partial charge >= 0.3 is 0 Å². The molecule has 11 heteroatoms. The Kier molecular flexibility index (Phi) is 7.31. The molecule has 4 heterocycles. The first-order chi connectivity index (χ1) is 19.3. The van der Waals surface area contributed by atoms with Crippen LogP contribution in [0.5, 0.6) is 0 Å². The van der Waals surface area contributed by atoms with Crippen LogP contribution in [0.3, 0.4) is 0 Å². The van der Waals surface area contributed by atoms with E-state index >= 15 is 0 Å². The Morgan fingerprint density at radius 3 is 2.70 bits per heavy atom. The number of carbonyl (C=O) groups excluding carboxylic acids is 1. The van der Waals surface area contributed by atoms with E-state index in [0.29, 0.717) is 23.9 Å². The summed E-state index contributed by atoms with van der Waals surface area (Å²) in [6.45, 7) is 2.91. The number of ether oxygens (including phenoxy) is 1. The summed E-state index contributed by atoms with van der Waals surface area (Å²) in [6.07, 6.45) is 8.19. The van der Waals surface area contributed by atoms with Gasteiger partial charge in [-0.15, -0.1) is 0 Å². The molecule has 0 unspecified atom stereocenters. The van der Waals surface area contributed by atoms with Crippen LogP contribution in [0.25, 0.3) is 0 Å². The molecule has 40 heavy (non-hydrogen) atoms. The SMILES string of the molecule is COC1CN(C(=O)C#Cc2ccc3c(c2)[C@@H](N)C2(CCN(c4cnc(Sc5ccnc(N)c5Cl)cn4)CC2)C3)C1. The van der Waals surface area contributed by atoms with E-state index in [1.165, 1.54) is 17.3 Å². The number of nitrogens with two attached hydrogens (primary N) is 2. The second kappa shape index (κ2) is 10.9. The Labute approximate surface area is 242 Å². The molecule has 9 nitrogen and oxygen atoms in total. The Bertz CT molecular complexity index is 1490. The van der Waals surface area contributed by atoms with Crippen LogP contribution < -0.4 is 16.4 Å². The molecule has 2 aromatic heterocycles. The number of benzene rings is 1. The summed E-state index contributed by atoms with van der Waals surface area (Å²) in [5.74, 6) is 6.80. The molecule has 1 amide bonds. The molecule has 6 rings (SSSR count). The van der Waals surface area contributed by atoms with E-state index in [1.807, 2.05) is 18.3 Å². The zero-order valence-corrected chi connectivity index (χ0v) is 23.7. The van der Waals surface area contributed by atoms with Gasteiger partial charge < -0.3 is 26.0 Å². The lowest BCUT2D eigenvalue weighted by atomic mass is 9.73. The van der Waals surface area contributed by atoms with E-state index in [4.69, 9.17) is 27.8 Å². The van der Waals surface area contributed by atoms with Gasteiger partial charge in [0.25, 0.3) is 5.91 Å². The normalized spacial score (nSPS) is 19.6. The van der Waals surface area contributed by atoms with Crippen molar-refractivity contribution in [2.45, 2.75) is 41.3 Å². The number of pyridine rings is 1. The molecule has 1 spiro atoms. The number of nitrogen functional groups attached to an aromatic ring is 1. The van der Waals surface area contributed by atoms with Crippen molar-refractivity contribution in [3.63, 3.8) is 0 Å². The molecule has 206 valence electrons. The Hall–Kier alpha value is -3.36. The third-order valence-electron chi connectivity index (χ3n) is 8.26. The molecule has 2 aliphatic heterocycles. The van der Waals surface area contributed by atoms with Gasteiger partial charge in [-0.05, 0) is 54.0 Å². The first-order valence-electron chi connectivity index (χ1n) is 13.2. The topological polar surface area (TPSA) is 123 Å². The predicted molar refractivity (Wildman–Crippen MR) is 155 cm³/mol. The summed E-state index contributed by atoms with van der Waals surface area (Å²) >= 11 is 7.67. The number of halogens is 1. The van der Waals surface area contributed by atoms with E-state index in [0.717, 1.165) is 59.2 Å². The van der Waals surface area contributed by atoms with Crippen LogP contribution in [-0.2, 0) is 16.0 Å². The second-order valence-corrected chi connectivity index (χ2v) is 12.0. The van der Waals surface area contributed by atoms with Gasteiger partial charge in [0.15, 0.2) is 0 Å². The van der Waals surface area contributed by atoms with E-state index in [2.05, 4.69) is 43.8 Å². The number of carbonyl (C=O) groups is 1. The molecule has 0 saturated carbocycles. The number of likely N-dealkylation sites (tertiary alicyclic amines) is 1. The molecule has 3 aliphatic rings. The van der Waals surface area contributed by atoms with Crippen molar-refractivity contribution in [3.8, 4) is 11.8 Å². The summed E-state index contributed by atoms with van der Waals surface area (Å²) in [7, 11) is 1.66. The fourth-order valence-electron chi connectivity index (χ4n) is 5.73. The summed E-state index contributed by atoms with van der Waals surface area (Å²) in [6, 6.07) is 7.93. The highest BCUT2D eigenvalue weighted by Crippen LogP contribution is 2.51. The molecule has 1 atom stereocenters. The van der Waals surface area contributed by atoms with Crippen LogP contribution in [0.1, 0.15) is 35.6 Å². The average molecular weight is 576 g/mol. The molecule has 2 saturated heterocycles. The van der Waals surface area contributed by atoms with Crippen molar-refractivity contribution >= 4 is 40.9 Å². The number of fused-ring (bicyclic) bond motifs is 1. The van der Waals surface area contributed by atoms with Gasteiger partial charge in [0.2, 0.25) is 0 Å². The monoisotopic (exact) mass is 575 g/mol. The minimum absolute atomic E-state index is 0.00868. The molecule has 1 aromatic carbocycles. The summed E-state index contributed by atoms with van der Waals surface area (Å²) in [5.41, 5.74) is 15.9. The largest absolute Gasteiger partial charge is 0.382 e. The van der Waals surface area contributed by atoms with Crippen LogP contribution in [0.2, 0.25) is 5.02 Å². The molecule has 0 bridgehead atoms. The Morgan fingerprint density at radius 1 is 1.18 bits per heavy atom. The number of hydrogen-bond donors (Lipinski definition) is 2. The number of hydrogen-bond acceptors (Lipinski definition) is 9. The standard InChI is InChI=1S/C29H30ClN7O2S/c1-39-20-16-37(17-20)25(38)5-3-18-2-4-19-13-29(27(31)21(19)12-18)7-10-36(11-8-29)23-14-35-24(15-34-23)40-22-6-9-33-28(32)26(22)30/h2,4,6,9,12,14-15,20,27H,7-8,10-11,13,16-17,31H2,1H3,(H2,32,33)/t27-/m1/s1. The second-order valence-electron chi connectivity index (χ2n) is 10.6. The molecule has 4 N–H and O–H groups in total. The highest BCUT2D eigenvalue weighted by atomic mass is 35.5. The van der Waals surface area contributed by atoms with E-state index in [9.17, 15) is 4.79 Å². The number of amides is 1. The van der Waals surface area contributed by atoms with Crippen molar-refractivity contribution in [1.82, 2.24) is 19.9 Å². The van der Waals surface area contributed by atoms with E-state index in [1.54, 1.807) is 24.4 Å². The first-order valence-corrected chi connectivity index (χ1v) is 14.4. The van der Waals surface area contributed by atoms with E-state index in [-0.39, 0.29) is 23.5 Å². The van der Waals surface area contributed by atoms with Crippen LogP contribution >= 0.6 is 23.4 Å². The lowest BCUT2D eigenvalue weighted by Crippen LogP contribution is -2.54. The summed E-state index contributed by atoms with van der Waals surface area (Å²) < 4.78 is 5.23.